The van der Waals surface area contributed by atoms with Crippen LogP contribution in [0.4, 0.5) is 39.5 Å². The van der Waals surface area contributed by atoms with E-state index in [9.17, 15) is 39.5 Å². The smallest absolute Gasteiger partial charge is 0.199 e. The number of alkyl halides is 9. The van der Waals surface area contributed by atoms with E-state index in [1.807, 2.05) is 0 Å². The van der Waals surface area contributed by atoms with Gasteiger partial charge in [0.1, 0.15) is 0 Å². The first-order valence-corrected chi connectivity index (χ1v) is 3.62. The fourth-order valence-corrected chi connectivity index (χ4v) is 0.717. The standard InChI is InChI=1S/C7H5F9/c1-2-3-4(8,9)5(10,11)6(12,13)7(14,15)16/h2H,1,3H2. The molecule has 0 aromatic heterocycles. The van der Waals surface area contributed by atoms with Crippen LogP contribution in [0.1, 0.15) is 6.42 Å². The van der Waals surface area contributed by atoms with E-state index in [2.05, 4.69) is 6.58 Å². The Labute approximate surface area is 83.7 Å². The van der Waals surface area contributed by atoms with E-state index in [4.69, 9.17) is 0 Å². The van der Waals surface area contributed by atoms with Gasteiger partial charge in [0.05, 0.1) is 0 Å². The van der Waals surface area contributed by atoms with Gasteiger partial charge >= 0.3 is 23.9 Å². The van der Waals surface area contributed by atoms with Crippen LogP contribution in [-0.2, 0) is 0 Å². The molecule has 96 valence electrons. The van der Waals surface area contributed by atoms with Crippen LogP contribution in [0.5, 0.6) is 0 Å². The van der Waals surface area contributed by atoms with Crippen molar-refractivity contribution in [1.29, 1.82) is 0 Å². The first-order valence-electron chi connectivity index (χ1n) is 3.62. The number of hydrogen-bond donors (Lipinski definition) is 0. The van der Waals surface area contributed by atoms with Crippen LogP contribution in [0.3, 0.4) is 0 Å². The minimum Gasteiger partial charge on any atom is -0.199 e. The van der Waals surface area contributed by atoms with Gasteiger partial charge < -0.3 is 0 Å². The van der Waals surface area contributed by atoms with Crippen LogP contribution >= 0.6 is 0 Å². The summed E-state index contributed by atoms with van der Waals surface area (Å²) >= 11 is 0. The number of halogens is 9. The molecule has 0 heterocycles. The van der Waals surface area contributed by atoms with Crippen molar-refractivity contribution >= 4 is 0 Å². The van der Waals surface area contributed by atoms with E-state index in [1.165, 1.54) is 0 Å². The average molecular weight is 260 g/mol. The molecule has 0 unspecified atom stereocenters. The third-order valence-electron chi connectivity index (χ3n) is 1.61. The Hall–Kier alpha value is -0.890. The van der Waals surface area contributed by atoms with E-state index >= 15 is 0 Å². The van der Waals surface area contributed by atoms with Crippen LogP contribution in [0.15, 0.2) is 12.7 Å². The molecule has 0 saturated heterocycles. The molecule has 0 aliphatic rings. The molecule has 0 saturated carbocycles. The lowest BCUT2D eigenvalue weighted by Crippen LogP contribution is -2.60. The summed E-state index contributed by atoms with van der Waals surface area (Å²) in [6, 6.07) is 0. The number of rotatable bonds is 4. The maximum Gasteiger partial charge on any atom is 0.460 e. The molecule has 0 fully saturated rings. The first kappa shape index (κ1) is 15.1. The molecule has 0 bridgehead atoms. The monoisotopic (exact) mass is 260 g/mol. The van der Waals surface area contributed by atoms with Gasteiger partial charge in [-0.05, 0) is 0 Å². The average Bonchev–Trinajstić information content (AvgIpc) is 2.01. The van der Waals surface area contributed by atoms with Crippen molar-refractivity contribution in [2.75, 3.05) is 0 Å². The fourth-order valence-electron chi connectivity index (χ4n) is 0.717. The Morgan fingerprint density at radius 1 is 0.750 bits per heavy atom. The van der Waals surface area contributed by atoms with Gasteiger partial charge in [-0.25, -0.2) is 0 Å². The molecule has 0 nitrogen and oxygen atoms in total. The lowest BCUT2D eigenvalue weighted by molar-refractivity contribution is -0.395. The highest BCUT2D eigenvalue weighted by molar-refractivity contribution is 5.02. The minimum absolute atomic E-state index is 0.125. The summed E-state index contributed by atoms with van der Waals surface area (Å²) in [6.45, 7) is 2.56. The maximum absolute atomic E-state index is 12.4. The van der Waals surface area contributed by atoms with Gasteiger partial charge in [0.2, 0.25) is 0 Å². The summed E-state index contributed by atoms with van der Waals surface area (Å²) in [7, 11) is 0. The molecule has 0 aliphatic carbocycles. The molecule has 16 heavy (non-hydrogen) atoms. The zero-order chi connectivity index (χ0) is 13.4. The minimum atomic E-state index is -6.81. The zero-order valence-corrected chi connectivity index (χ0v) is 7.39. The molecule has 9 heteroatoms. The van der Waals surface area contributed by atoms with Crippen molar-refractivity contribution in [3.8, 4) is 0 Å². The molecule has 0 atom stereocenters. The number of hydrogen-bond acceptors (Lipinski definition) is 0. The Kier molecular flexibility index (Phi) is 3.63. The third kappa shape index (κ3) is 2.12. The van der Waals surface area contributed by atoms with E-state index in [0.29, 0.717) is 0 Å². The molecule has 0 radical (unpaired) electrons. The van der Waals surface area contributed by atoms with E-state index in [1.54, 1.807) is 0 Å². The quantitative estimate of drug-likeness (QED) is 0.528. The molecular formula is C7H5F9. The van der Waals surface area contributed by atoms with E-state index in [-0.39, 0.29) is 6.08 Å². The second-order valence-corrected chi connectivity index (χ2v) is 2.84. The summed E-state index contributed by atoms with van der Waals surface area (Å²) in [5.41, 5.74) is 0. The van der Waals surface area contributed by atoms with Crippen LogP contribution in [0, 0.1) is 0 Å². The molecule has 0 amide bonds. The van der Waals surface area contributed by atoms with Crippen molar-refractivity contribution in [1.82, 2.24) is 0 Å². The highest BCUT2D eigenvalue weighted by Gasteiger charge is 2.81. The van der Waals surface area contributed by atoms with Crippen molar-refractivity contribution < 1.29 is 39.5 Å². The van der Waals surface area contributed by atoms with E-state index in [0.717, 1.165) is 0 Å². The highest BCUT2D eigenvalue weighted by Crippen LogP contribution is 2.53. The van der Waals surface area contributed by atoms with Crippen molar-refractivity contribution in [3.05, 3.63) is 12.7 Å². The summed E-state index contributed by atoms with van der Waals surface area (Å²) < 4.78 is 108. The molecule has 0 aromatic carbocycles. The summed E-state index contributed by atoms with van der Waals surface area (Å²) in [5.74, 6) is -18.9. The molecule has 0 spiro atoms. The molecule has 0 rings (SSSR count). The summed E-state index contributed by atoms with van der Waals surface area (Å²) in [6.07, 6.45) is -8.63. The van der Waals surface area contributed by atoms with E-state index < -0.39 is 30.4 Å². The predicted octanol–water partition coefficient (Wildman–Crippen LogP) is 4.03. The number of allylic oxidation sites excluding steroid dienone is 1. The van der Waals surface area contributed by atoms with Gasteiger partial charge in [0.15, 0.2) is 0 Å². The largest absolute Gasteiger partial charge is 0.460 e. The van der Waals surface area contributed by atoms with Gasteiger partial charge in [-0.1, -0.05) is 6.08 Å². The molecular weight excluding hydrogens is 255 g/mol. The second kappa shape index (κ2) is 3.85. The molecule has 0 N–H and O–H groups in total. The lowest BCUT2D eigenvalue weighted by atomic mass is 10.0. The van der Waals surface area contributed by atoms with Crippen LogP contribution < -0.4 is 0 Å². The van der Waals surface area contributed by atoms with Crippen molar-refractivity contribution in [2.45, 2.75) is 30.4 Å². The predicted molar refractivity (Wildman–Crippen MR) is 35.7 cm³/mol. The molecule has 0 aliphatic heterocycles. The van der Waals surface area contributed by atoms with Gasteiger partial charge in [0.25, 0.3) is 0 Å². The Morgan fingerprint density at radius 2 is 1.12 bits per heavy atom. The topological polar surface area (TPSA) is 0 Å². The Morgan fingerprint density at radius 3 is 1.38 bits per heavy atom. The van der Waals surface area contributed by atoms with Gasteiger partial charge in [-0.15, -0.1) is 6.58 Å². The fraction of sp³-hybridized carbons (Fsp3) is 0.714. The van der Waals surface area contributed by atoms with Crippen LogP contribution in [0.2, 0.25) is 0 Å². The normalized spacial score (nSPS) is 15.1. The van der Waals surface area contributed by atoms with Crippen LogP contribution in [-0.4, -0.2) is 23.9 Å². The summed E-state index contributed by atoms with van der Waals surface area (Å²) in [5, 5.41) is 0. The summed E-state index contributed by atoms with van der Waals surface area (Å²) in [4.78, 5) is 0. The Bertz CT molecular complexity index is 262. The first-order chi connectivity index (χ1) is 6.81. The SMILES string of the molecule is C=CCC(F)(F)C(F)(F)C(F)(F)C(F)(F)F. The zero-order valence-electron chi connectivity index (χ0n) is 7.39. The van der Waals surface area contributed by atoms with Crippen molar-refractivity contribution in [3.63, 3.8) is 0 Å². The van der Waals surface area contributed by atoms with Crippen molar-refractivity contribution in [2.24, 2.45) is 0 Å². The van der Waals surface area contributed by atoms with Gasteiger partial charge in [-0.3, -0.25) is 0 Å². The molecule has 0 aromatic rings. The van der Waals surface area contributed by atoms with Crippen LogP contribution in [0.25, 0.3) is 0 Å². The second-order valence-electron chi connectivity index (χ2n) is 2.84. The Balaban J connectivity index is 5.42. The van der Waals surface area contributed by atoms with Gasteiger partial charge in [-0.2, -0.15) is 39.5 Å². The lowest BCUT2D eigenvalue weighted by Gasteiger charge is -2.33. The van der Waals surface area contributed by atoms with Gasteiger partial charge in [0, 0.05) is 6.42 Å². The maximum atomic E-state index is 12.4. The third-order valence-corrected chi connectivity index (χ3v) is 1.61. The highest BCUT2D eigenvalue weighted by atomic mass is 19.4.